The number of nitrogens with two attached hydrogens (primary N) is 1. The average Bonchev–Trinajstić information content (AvgIpc) is 2.80. The summed E-state index contributed by atoms with van der Waals surface area (Å²) in [7, 11) is 0. The molecule has 0 radical (unpaired) electrons. The van der Waals surface area contributed by atoms with Gasteiger partial charge in [0.25, 0.3) is 0 Å². The van der Waals surface area contributed by atoms with Gasteiger partial charge in [0.2, 0.25) is 0 Å². The van der Waals surface area contributed by atoms with E-state index in [1.165, 1.54) is 17.4 Å². The molecule has 1 aromatic carbocycles. The number of halogens is 1. The highest BCUT2D eigenvalue weighted by Crippen LogP contribution is 2.19. The van der Waals surface area contributed by atoms with Crippen molar-refractivity contribution in [2.24, 2.45) is 5.73 Å². The molecular formula is C11H11FN2OS. The van der Waals surface area contributed by atoms with Crippen LogP contribution in [0.15, 0.2) is 29.1 Å². The van der Waals surface area contributed by atoms with Crippen LogP contribution in [0.5, 0.6) is 5.75 Å². The van der Waals surface area contributed by atoms with E-state index in [-0.39, 0.29) is 12.4 Å². The third kappa shape index (κ3) is 2.56. The Morgan fingerprint density at radius 1 is 1.44 bits per heavy atom. The second kappa shape index (κ2) is 5.05. The van der Waals surface area contributed by atoms with E-state index in [0.717, 1.165) is 11.3 Å². The Kier molecular flexibility index (Phi) is 3.48. The molecule has 0 spiro atoms. The second-order valence-corrected chi connectivity index (χ2v) is 3.96. The molecule has 2 N–H and O–H groups in total. The number of rotatable bonds is 4. The predicted molar refractivity (Wildman–Crippen MR) is 60.7 cm³/mol. The van der Waals surface area contributed by atoms with Crippen LogP contribution in [0, 0.1) is 5.82 Å². The zero-order chi connectivity index (χ0) is 11.4. The minimum absolute atomic E-state index is 0.227. The van der Waals surface area contributed by atoms with Gasteiger partial charge in [-0.15, -0.1) is 11.3 Å². The molecule has 0 atom stereocenters. The number of nitrogens with zero attached hydrogens (tertiary/aromatic N) is 1. The number of thiazole rings is 1. The van der Waals surface area contributed by atoms with Crippen LogP contribution in [0.4, 0.5) is 4.39 Å². The van der Waals surface area contributed by atoms with Gasteiger partial charge >= 0.3 is 0 Å². The highest BCUT2D eigenvalue weighted by molar-refractivity contribution is 7.07. The fourth-order valence-corrected chi connectivity index (χ4v) is 1.79. The highest BCUT2D eigenvalue weighted by Gasteiger charge is 2.05. The Balaban J connectivity index is 2.04. The molecule has 0 saturated carbocycles. The maximum absolute atomic E-state index is 13.5. The van der Waals surface area contributed by atoms with Crippen LogP contribution < -0.4 is 10.5 Å². The third-order valence-electron chi connectivity index (χ3n) is 2.09. The van der Waals surface area contributed by atoms with Gasteiger partial charge in [-0.05, 0) is 17.7 Å². The second-order valence-electron chi connectivity index (χ2n) is 3.24. The number of benzene rings is 1. The van der Waals surface area contributed by atoms with E-state index < -0.39 is 5.82 Å². The molecule has 2 aromatic rings. The summed E-state index contributed by atoms with van der Waals surface area (Å²) in [6.07, 6.45) is 0. The van der Waals surface area contributed by atoms with Crippen LogP contribution in [0.25, 0.3) is 0 Å². The van der Waals surface area contributed by atoms with Crippen molar-refractivity contribution >= 4 is 11.3 Å². The fraction of sp³-hybridized carbons (Fsp3) is 0.182. The minimum atomic E-state index is -0.391. The van der Waals surface area contributed by atoms with Crippen molar-refractivity contribution in [3.63, 3.8) is 0 Å². The molecule has 0 amide bonds. The van der Waals surface area contributed by atoms with E-state index in [4.69, 9.17) is 10.5 Å². The van der Waals surface area contributed by atoms with E-state index in [9.17, 15) is 4.39 Å². The molecular weight excluding hydrogens is 227 g/mol. The predicted octanol–water partition coefficient (Wildman–Crippen LogP) is 2.32. The summed E-state index contributed by atoms with van der Waals surface area (Å²) in [5, 5.41) is 1.87. The van der Waals surface area contributed by atoms with Crippen LogP contribution in [0.3, 0.4) is 0 Å². The normalized spacial score (nSPS) is 10.4. The molecule has 0 bridgehead atoms. The minimum Gasteiger partial charge on any atom is -0.484 e. The first kappa shape index (κ1) is 11.0. The van der Waals surface area contributed by atoms with Gasteiger partial charge in [-0.1, -0.05) is 6.07 Å². The summed E-state index contributed by atoms with van der Waals surface area (Å²) >= 11 is 1.48. The Bertz CT molecular complexity index is 459. The lowest BCUT2D eigenvalue weighted by atomic mass is 10.2. The number of aromatic nitrogens is 1. The Labute approximate surface area is 96.7 Å². The summed E-state index contributed by atoms with van der Waals surface area (Å²) in [6, 6.07) is 4.72. The van der Waals surface area contributed by atoms with Crippen LogP contribution in [-0.2, 0) is 13.2 Å². The molecule has 1 heterocycles. The van der Waals surface area contributed by atoms with E-state index in [0.29, 0.717) is 6.54 Å². The number of hydrogen-bond acceptors (Lipinski definition) is 4. The van der Waals surface area contributed by atoms with Gasteiger partial charge in [0, 0.05) is 11.9 Å². The first-order chi connectivity index (χ1) is 7.79. The number of hydrogen-bond donors (Lipinski definition) is 1. The summed E-state index contributed by atoms with van der Waals surface area (Å²) in [4.78, 5) is 4.05. The molecule has 16 heavy (non-hydrogen) atoms. The van der Waals surface area contributed by atoms with Gasteiger partial charge in [-0.25, -0.2) is 9.37 Å². The van der Waals surface area contributed by atoms with E-state index in [2.05, 4.69) is 4.98 Å². The zero-order valence-electron chi connectivity index (χ0n) is 8.52. The van der Waals surface area contributed by atoms with Crippen LogP contribution >= 0.6 is 11.3 Å². The van der Waals surface area contributed by atoms with Gasteiger partial charge < -0.3 is 10.5 Å². The van der Waals surface area contributed by atoms with Crippen molar-refractivity contribution in [1.29, 1.82) is 0 Å². The molecule has 0 unspecified atom stereocenters. The molecule has 0 aliphatic carbocycles. The largest absolute Gasteiger partial charge is 0.484 e. The highest BCUT2D eigenvalue weighted by atomic mass is 32.1. The lowest BCUT2D eigenvalue weighted by Gasteiger charge is -2.06. The summed E-state index contributed by atoms with van der Waals surface area (Å²) in [5.41, 5.74) is 8.67. The zero-order valence-corrected chi connectivity index (χ0v) is 9.34. The van der Waals surface area contributed by atoms with Crippen molar-refractivity contribution in [3.05, 3.63) is 46.2 Å². The smallest absolute Gasteiger partial charge is 0.165 e. The average molecular weight is 238 g/mol. The molecule has 84 valence electrons. The lowest BCUT2D eigenvalue weighted by Crippen LogP contribution is -2.00. The lowest BCUT2D eigenvalue weighted by molar-refractivity contribution is 0.286. The van der Waals surface area contributed by atoms with E-state index >= 15 is 0 Å². The molecule has 0 aliphatic heterocycles. The molecule has 0 aliphatic rings. The summed E-state index contributed by atoms with van der Waals surface area (Å²) < 4.78 is 18.8. The van der Waals surface area contributed by atoms with Crippen molar-refractivity contribution < 1.29 is 9.13 Å². The maximum Gasteiger partial charge on any atom is 0.165 e. The monoisotopic (exact) mass is 238 g/mol. The van der Waals surface area contributed by atoms with Crippen molar-refractivity contribution in [1.82, 2.24) is 4.98 Å². The van der Waals surface area contributed by atoms with Crippen LogP contribution in [0.2, 0.25) is 0 Å². The third-order valence-corrected chi connectivity index (χ3v) is 2.73. The Hall–Kier alpha value is -1.46. The van der Waals surface area contributed by atoms with Crippen molar-refractivity contribution in [3.8, 4) is 5.75 Å². The van der Waals surface area contributed by atoms with Gasteiger partial charge in [-0.2, -0.15) is 0 Å². The summed E-state index contributed by atoms with van der Waals surface area (Å²) in [5.74, 6) is -0.164. The van der Waals surface area contributed by atoms with E-state index in [1.807, 2.05) is 5.38 Å². The van der Waals surface area contributed by atoms with E-state index in [1.54, 1.807) is 17.6 Å². The quantitative estimate of drug-likeness (QED) is 0.889. The van der Waals surface area contributed by atoms with Crippen LogP contribution in [0.1, 0.15) is 11.3 Å². The van der Waals surface area contributed by atoms with Gasteiger partial charge in [0.15, 0.2) is 11.6 Å². The topological polar surface area (TPSA) is 48.1 Å². The molecule has 2 rings (SSSR count). The Morgan fingerprint density at radius 2 is 2.31 bits per heavy atom. The van der Waals surface area contributed by atoms with Gasteiger partial charge in [-0.3, -0.25) is 0 Å². The van der Waals surface area contributed by atoms with Crippen molar-refractivity contribution in [2.45, 2.75) is 13.2 Å². The van der Waals surface area contributed by atoms with Gasteiger partial charge in [0.1, 0.15) is 6.61 Å². The van der Waals surface area contributed by atoms with Crippen LogP contribution in [-0.4, -0.2) is 4.98 Å². The van der Waals surface area contributed by atoms with Crippen molar-refractivity contribution in [2.75, 3.05) is 0 Å². The maximum atomic E-state index is 13.5. The molecule has 0 fully saturated rings. The Morgan fingerprint density at radius 3 is 2.94 bits per heavy atom. The first-order valence-electron chi connectivity index (χ1n) is 4.78. The standard InChI is InChI=1S/C11H11FN2OS/c12-10-3-8(4-13)1-2-11(10)15-5-9-6-16-7-14-9/h1-3,6-7H,4-5,13H2. The molecule has 5 heteroatoms. The van der Waals surface area contributed by atoms with Gasteiger partial charge in [0.05, 0.1) is 11.2 Å². The first-order valence-corrected chi connectivity index (χ1v) is 5.72. The molecule has 1 aromatic heterocycles. The SMILES string of the molecule is NCc1ccc(OCc2cscn2)c(F)c1. The molecule has 3 nitrogen and oxygen atoms in total. The molecule has 0 saturated heterocycles. The fourth-order valence-electron chi connectivity index (χ4n) is 1.25. The summed E-state index contributed by atoms with van der Waals surface area (Å²) in [6.45, 7) is 0.603. The number of ether oxygens (including phenoxy) is 1.